The molecule has 0 saturated carbocycles. The molecular weight excluding hydrogens is 534 g/mol. The largest absolute Gasteiger partial charge is 0.309 e. The summed E-state index contributed by atoms with van der Waals surface area (Å²) >= 11 is 0. The van der Waals surface area contributed by atoms with Crippen LogP contribution in [0.5, 0.6) is 0 Å². The van der Waals surface area contributed by atoms with Gasteiger partial charge >= 0.3 is 0 Å². The van der Waals surface area contributed by atoms with Crippen LogP contribution >= 0.6 is 0 Å². The molecule has 0 N–H and O–H groups in total. The second-order valence-electron chi connectivity index (χ2n) is 10.3. The molecule has 0 bridgehead atoms. The quantitative estimate of drug-likeness (QED) is 0.190. The molecule has 0 aliphatic carbocycles. The second kappa shape index (κ2) is 10.7. The summed E-state index contributed by atoms with van der Waals surface area (Å²) in [5, 5.41) is 2.52. The van der Waals surface area contributed by atoms with Gasteiger partial charge in [-0.25, -0.2) is 8.42 Å². The lowest BCUT2D eigenvalue weighted by Crippen LogP contribution is -2.01. The third kappa shape index (κ3) is 4.72. The zero-order valence-corrected chi connectivity index (χ0v) is 23.6. The molecule has 0 unspecified atom stereocenters. The van der Waals surface area contributed by atoms with Crippen LogP contribution in [0.1, 0.15) is 11.1 Å². The predicted octanol–water partition coefficient (Wildman–Crippen LogP) is 9.45. The number of benzene rings is 6. The van der Waals surface area contributed by atoms with Crippen molar-refractivity contribution in [2.24, 2.45) is 0 Å². The first-order valence-electron chi connectivity index (χ1n) is 13.9. The molecule has 0 radical (unpaired) electrons. The van der Waals surface area contributed by atoms with Crippen LogP contribution in [0.25, 0.3) is 50.8 Å². The van der Waals surface area contributed by atoms with Crippen molar-refractivity contribution >= 4 is 43.8 Å². The Morgan fingerprint density at radius 1 is 0.429 bits per heavy atom. The summed E-state index contributed by atoms with van der Waals surface area (Å²) < 4.78 is 28.1. The molecule has 3 nitrogen and oxygen atoms in total. The van der Waals surface area contributed by atoms with Gasteiger partial charge in [0.25, 0.3) is 0 Å². The monoisotopic (exact) mass is 561 g/mol. The zero-order valence-electron chi connectivity index (χ0n) is 22.8. The van der Waals surface area contributed by atoms with Crippen LogP contribution in [-0.2, 0) is 9.84 Å². The molecule has 0 aliphatic rings. The van der Waals surface area contributed by atoms with Gasteiger partial charge in [-0.3, -0.25) is 0 Å². The summed E-state index contributed by atoms with van der Waals surface area (Å²) in [5.74, 6) is 0. The number of para-hydroxylation sites is 2. The lowest BCUT2D eigenvalue weighted by Gasteiger charge is -2.08. The van der Waals surface area contributed by atoms with Crippen molar-refractivity contribution in [1.29, 1.82) is 0 Å². The predicted molar refractivity (Wildman–Crippen MR) is 173 cm³/mol. The van der Waals surface area contributed by atoms with E-state index in [0.717, 1.165) is 27.9 Å². The van der Waals surface area contributed by atoms with Crippen molar-refractivity contribution in [2.75, 3.05) is 0 Å². The lowest BCUT2D eigenvalue weighted by molar-refractivity contribution is 0.596. The Morgan fingerprint density at radius 3 is 1.40 bits per heavy atom. The maximum Gasteiger partial charge on any atom is 0.206 e. The normalized spacial score (nSPS) is 11.9. The van der Waals surface area contributed by atoms with E-state index in [4.69, 9.17) is 0 Å². The van der Waals surface area contributed by atoms with Crippen molar-refractivity contribution in [3.63, 3.8) is 0 Å². The van der Waals surface area contributed by atoms with E-state index in [9.17, 15) is 8.42 Å². The summed E-state index contributed by atoms with van der Waals surface area (Å²) in [6.45, 7) is 0. The summed E-state index contributed by atoms with van der Waals surface area (Å²) in [5.41, 5.74) is 7.76. The fraction of sp³-hybridized carbons (Fsp3) is 0. The van der Waals surface area contributed by atoms with Gasteiger partial charge in [0, 0.05) is 16.5 Å². The zero-order chi connectivity index (χ0) is 28.5. The highest BCUT2D eigenvalue weighted by Crippen LogP contribution is 2.32. The van der Waals surface area contributed by atoms with E-state index in [1.165, 1.54) is 21.8 Å². The van der Waals surface area contributed by atoms with Gasteiger partial charge in [-0.05, 0) is 70.8 Å². The van der Waals surface area contributed by atoms with Gasteiger partial charge in [0.2, 0.25) is 9.84 Å². The molecule has 0 amide bonds. The Labute approximate surface area is 245 Å². The number of sulfone groups is 1. The fourth-order valence-corrected chi connectivity index (χ4v) is 6.76. The molecule has 1 aromatic heterocycles. The number of aromatic nitrogens is 1. The van der Waals surface area contributed by atoms with Crippen molar-refractivity contribution in [3.8, 4) is 16.8 Å². The fourth-order valence-electron chi connectivity index (χ4n) is 5.48. The molecule has 0 spiro atoms. The molecule has 0 atom stereocenters. The van der Waals surface area contributed by atoms with Gasteiger partial charge in [-0.1, -0.05) is 115 Å². The van der Waals surface area contributed by atoms with Crippen molar-refractivity contribution in [2.45, 2.75) is 9.79 Å². The van der Waals surface area contributed by atoms with Crippen molar-refractivity contribution in [1.82, 2.24) is 4.57 Å². The van der Waals surface area contributed by atoms with Crippen LogP contribution < -0.4 is 0 Å². The molecule has 0 aliphatic heterocycles. The van der Waals surface area contributed by atoms with E-state index < -0.39 is 9.84 Å². The molecule has 42 heavy (non-hydrogen) atoms. The molecule has 4 heteroatoms. The minimum absolute atomic E-state index is 0.293. The van der Waals surface area contributed by atoms with E-state index in [-0.39, 0.29) is 0 Å². The van der Waals surface area contributed by atoms with E-state index in [2.05, 4.69) is 114 Å². The topological polar surface area (TPSA) is 39.1 Å². The number of fused-ring (bicyclic) bond motifs is 3. The smallest absolute Gasteiger partial charge is 0.206 e. The van der Waals surface area contributed by atoms with Crippen molar-refractivity contribution < 1.29 is 8.42 Å². The van der Waals surface area contributed by atoms with Gasteiger partial charge in [-0.15, -0.1) is 0 Å². The van der Waals surface area contributed by atoms with Crippen LogP contribution in [0.15, 0.2) is 161 Å². The summed E-state index contributed by atoms with van der Waals surface area (Å²) in [6, 6.07) is 49.6. The molecule has 7 aromatic rings. The van der Waals surface area contributed by atoms with Gasteiger partial charge < -0.3 is 4.57 Å². The standard InChI is InChI=1S/C38H27NO2S/c40-42(41,33-8-2-1-3-9-33)34-26-22-31(23-27-34)30-20-16-28(17-21-30)14-15-29-18-24-32(25-19-29)39-37-12-6-4-10-35(37)36-11-5-7-13-38(36)39/h1-27H/b15-14+. The SMILES string of the molecule is O=S(=O)(c1ccccc1)c1ccc(-c2ccc(/C=C/c3ccc(-n4c5ccccc5c5ccccc54)cc3)cc2)cc1. The minimum Gasteiger partial charge on any atom is -0.309 e. The highest BCUT2D eigenvalue weighted by atomic mass is 32.2. The van der Waals surface area contributed by atoms with Crippen LogP contribution in [0, 0.1) is 0 Å². The number of nitrogens with zero attached hydrogens (tertiary/aromatic N) is 1. The number of hydrogen-bond acceptors (Lipinski definition) is 2. The van der Waals surface area contributed by atoms with Crippen LogP contribution in [0.4, 0.5) is 0 Å². The Kier molecular flexibility index (Phi) is 6.54. The van der Waals surface area contributed by atoms with Gasteiger partial charge in [0.1, 0.15) is 0 Å². The molecule has 7 rings (SSSR count). The first kappa shape index (κ1) is 25.8. The van der Waals surface area contributed by atoms with Crippen LogP contribution in [-0.4, -0.2) is 13.0 Å². The minimum atomic E-state index is -3.52. The van der Waals surface area contributed by atoms with Crippen LogP contribution in [0.3, 0.4) is 0 Å². The molecular formula is C38H27NO2S. The Bertz CT molecular complexity index is 2100. The van der Waals surface area contributed by atoms with Crippen LogP contribution in [0.2, 0.25) is 0 Å². The average Bonchev–Trinajstić information content (AvgIpc) is 3.39. The highest BCUT2D eigenvalue weighted by molar-refractivity contribution is 7.91. The second-order valence-corrected chi connectivity index (χ2v) is 12.2. The summed E-state index contributed by atoms with van der Waals surface area (Å²) in [6.07, 6.45) is 4.22. The van der Waals surface area contributed by atoms with E-state index >= 15 is 0 Å². The molecule has 0 saturated heterocycles. The first-order chi connectivity index (χ1) is 20.6. The number of hydrogen-bond donors (Lipinski definition) is 0. The summed E-state index contributed by atoms with van der Waals surface area (Å²) in [4.78, 5) is 0.594. The Balaban J connectivity index is 1.08. The highest BCUT2D eigenvalue weighted by Gasteiger charge is 2.17. The Morgan fingerprint density at radius 2 is 0.857 bits per heavy atom. The lowest BCUT2D eigenvalue weighted by atomic mass is 10.0. The van der Waals surface area contributed by atoms with Gasteiger partial charge in [-0.2, -0.15) is 0 Å². The maximum atomic E-state index is 12.9. The number of rotatable bonds is 6. The molecule has 202 valence electrons. The third-order valence-corrected chi connectivity index (χ3v) is 9.45. The summed E-state index contributed by atoms with van der Waals surface area (Å²) in [7, 11) is -3.52. The molecule has 6 aromatic carbocycles. The van der Waals surface area contributed by atoms with Gasteiger partial charge in [0.05, 0.1) is 20.8 Å². The van der Waals surface area contributed by atoms with Crippen molar-refractivity contribution in [3.05, 3.63) is 163 Å². The van der Waals surface area contributed by atoms with E-state index in [1.807, 2.05) is 18.2 Å². The molecule has 0 fully saturated rings. The maximum absolute atomic E-state index is 12.9. The third-order valence-electron chi connectivity index (χ3n) is 7.66. The Hall–Kier alpha value is -5.19. The van der Waals surface area contributed by atoms with E-state index in [0.29, 0.717) is 9.79 Å². The van der Waals surface area contributed by atoms with E-state index in [1.54, 1.807) is 36.4 Å². The van der Waals surface area contributed by atoms with Gasteiger partial charge in [0.15, 0.2) is 0 Å². The average molecular weight is 562 g/mol. The molecule has 1 heterocycles. The first-order valence-corrected chi connectivity index (χ1v) is 15.3.